The number of hydrogen-bond acceptors (Lipinski definition) is 2. The predicted molar refractivity (Wildman–Crippen MR) is 222 cm³/mol. The van der Waals surface area contributed by atoms with Crippen LogP contribution < -0.4 is 0 Å². The first kappa shape index (κ1) is 40.1. The van der Waals surface area contributed by atoms with Crippen molar-refractivity contribution in [1.82, 2.24) is 4.90 Å². The van der Waals surface area contributed by atoms with Crippen LogP contribution in [-0.4, -0.2) is 37.7 Å². The lowest BCUT2D eigenvalue weighted by atomic mass is 9.83. The number of ether oxygens (including phenoxy) is 1. The Morgan fingerprint density at radius 1 is 0.442 bits per heavy atom. The molecule has 0 amide bonds. The van der Waals surface area contributed by atoms with Crippen LogP contribution in [0.2, 0.25) is 0 Å². The van der Waals surface area contributed by atoms with Gasteiger partial charge in [0, 0.05) is 0 Å². The first-order chi connectivity index (χ1) is 25.4. The summed E-state index contributed by atoms with van der Waals surface area (Å²) in [6.45, 7) is 7.05. The summed E-state index contributed by atoms with van der Waals surface area (Å²) in [6.07, 6.45) is 44.8. The van der Waals surface area contributed by atoms with Gasteiger partial charge < -0.3 is 9.64 Å². The molecule has 7 fully saturated rings. The van der Waals surface area contributed by atoms with E-state index in [2.05, 4.69) is 32.8 Å². The summed E-state index contributed by atoms with van der Waals surface area (Å²) in [7, 11) is 4.46. The Morgan fingerprint density at radius 3 is 1.23 bits per heavy atom. The maximum atomic E-state index is 6.78. The molecule has 6 saturated carbocycles. The molecule has 6 aliphatic carbocycles. The second-order valence-corrected chi connectivity index (χ2v) is 21.8. The minimum Gasteiger partial charge on any atom is -0.375 e. The zero-order valence-corrected chi connectivity index (χ0v) is 35.5. The molecular formula is C50H89NO. The molecule has 13 atom stereocenters. The van der Waals surface area contributed by atoms with Crippen molar-refractivity contribution < 1.29 is 4.74 Å². The average molecular weight is 720 g/mol. The van der Waals surface area contributed by atoms with E-state index in [1.165, 1.54) is 122 Å². The van der Waals surface area contributed by atoms with Crippen molar-refractivity contribution in [3.63, 3.8) is 0 Å². The molecular weight excluding hydrogens is 631 g/mol. The Balaban J connectivity index is 0.676. The molecule has 1 saturated heterocycles. The third-order valence-electron chi connectivity index (χ3n) is 17.1. The third kappa shape index (κ3) is 13.0. The maximum absolute atomic E-state index is 6.78. The standard InChI is InChI=1S/C50H89NO/c1-5-38-25-42(38)29-46-33-48(46)31-44-27-40(44)19-15-11-7-9-13-17-22-50(35-37(36-52-50)21-24-51(3)4)23-18-14-10-8-12-16-20-41-28-45(41)32-49-34-47(49)30-43-26-39(43)6-2/h37-49H,5-36H2,1-4H3. The Bertz CT molecular complexity index is 971. The number of unbranched alkanes of at least 4 members (excludes halogenated alkanes) is 10. The molecule has 13 unspecified atom stereocenters. The van der Waals surface area contributed by atoms with Crippen LogP contribution in [0, 0.1) is 76.9 Å². The highest BCUT2D eigenvalue weighted by atomic mass is 16.5. The molecule has 0 aromatic rings. The highest BCUT2D eigenvalue weighted by molar-refractivity contribution is 5.00. The van der Waals surface area contributed by atoms with E-state index in [9.17, 15) is 0 Å². The first-order valence-electron chi connectivity index (χ1n) is 24.7. The van der Waals surface area contributed by atoms with Gasteiger partial charge in [-0.2, -0.15) is 0 Å². The topological polar surface area (TPSA) is 12.5 Å². The summed E-state index contributed by atoms with van der Waals surface area (Å²) in [5.74, 6) is 14.4. The number of nitrogens with zero attached hydrogens (tertiary/aromatic N) is 1. The van der Waals surface area contributed by atoms with Crippen molar-refractivity contribution in [3.05, 3.63) is 0 Å². The van der Waals surface area contributed by atoms with Gasteiger partial charge in [-0.05, 0) is 187 Å². The summed E-state index contributed by atoms with van der Waals surface area (Å²) >= 11 is 0. The Kier molecular flexibility index (Phi) is 15.0. The van der Waals surface area contributed by atoms with Gasteiger partial charge in [0.1, 0.15) is 0 Å². The molecule has 0 N–H and O–H groups in total. The van der Waals surface area contributed by atoms with Crippen LogP contribution in [0.1, 0.15) is 206 Å². The third-order valence-corrected chi connectivity index (χ3v) is 17.1. The van der Waals surface area contributed by atoms with Gasteiger partial charge in [-0.1, -0.05) is 117 Å². The zero-order chi connectivity index (χ0) is 35.9. The summed E-state index contributed by atoms with van der Waals surface area (Å²) in [6, 6.07) is 0. The van der Waals surface area contributed by atoms with Gasteiger partial charge in [-0.3, -0.25) is 0 Å². The van der Waals surface area contributed by atoms with Crippen LogP contribution in [0.25, 0.3) is 0 Å². The molecule has 0 aromatic heterocycles. The van der Waals surface area contributed by atoms with E-state index in [0.29, 0.717) is 0 Å². The minimum atomic E-state index is 0.215. The van der Waals surface area contributed by atoms with Crippen LogP contribution in [0.3, 0.4) is 0 Å². The minimum absolute atomic E-state index is 0.215. The van der Waals surface area contributed by atoms with Crippen molar-refractivity contribution in [3.8, 4) is 0 Å². The van der Waals surface area contributed by atoms with Gasteiger partial charge in [0.15, 0.2) is 0 Å². The van der Waals surface area contributed by atoms with E-state index >= 15 is 0 Å². The molecule has 7 aliphatic rings. The molecule has 7 rings (SSSR count). The number of rotatable bonds is 31. The monoisotopic (exact) mass is 720 g/mol. The van der Waals surface area contributed by atoms with E-state index in [-0.39, 0.29) is 5.60 Å². The fourth-order valence-corrected chi connectivity index (χ4v) is 12.6. The maximum Gasteiger partial charge on any atom is 0.0686 e. The molecule has 1 heterocycles. The fraction of sp³-hybridized carbons (Fsp3) is 1.00. The van der Waals surface area contributed by atoms with Gasteiger partial charge in [0.25, 0.3) is 0 Å². The lowest BCUT2D eigenvalue weighted by molar-refractivity contribution is -0.0142. The van der Waals surface area contributed by atoms with Gasteiger partial charge >= 0.3 is 0 Å². The molecule has 0 radical (unpaired) electrons. The lowest BCUT2D eigenvalue weighted by Crippen LogP contribution is -2.28. The van der Waals surface area contributed by atoms with Crippen LogP contribution in [0.5, 0.6) is 0 Å². The van der Waals surface area contributed by atoms with Gasteiger partial charge in [-0.15, -0.1) is 0 Å². The summed E-state index contributed by atoms with van der Waals surface area (Å²) in [5.41, 5.74) is 0.215. The molecule has 1 aliphatic heterocycles. The summed E-state index contributed by atoms with van der Waals surface area (Å²) in [5, 5.41) is 0. The molecule has 0 aromatic carbocycles. The second-order valence-electron chi connectivity index (χ2n) is 21.8. The van der Waals surface area contributed by atoms with Crippen molar-refractivity contribution in [2.45, 2.75) is 212 Å². The molecule has 2 nitrogen and oxygen atoms in total. The molecule has 0 spiro atoms. The molecule has 2 heteroatoms. The SMILES string of the molecule is CCC1CC1CC1CC1CC1CC1CCCCCCCCC1(CCCCCCCCC2CC2CC2CC2CC2CC2CC)CC(CCN(C)C)CO1. The highest BCUT2D eigenvalue weighted by Crippen LogP contribution is 2.59. The van der Waals surface area contributed by atoms with Crippen LogP contribution in [0.15, 0.2) is 0 Å². The zero-order valence-electron chi connectivity index (χ0n) is 35.5. The molecule has 300 valence electrons. The van der Waals surface area contributed by atoms with Crippen LogP contribution >= 0.6 is 0 Å². The van der Waals surface area contributed by atoms with E-state index in [0.717, 1.165) is 83.5 Å². The quantitative estimate of drug-likeness (QED) is 0.0662. The van der Waals surface area contributed by atoms with Crippen LogP contribution in [0.4, 0.5) is 0 Å². The largest absolute Gasteiger partial charge is 0.375 e. The first-order valence-corrected chi connectivity index (χ1v) is 24.7. The Labute approximate surface area is 324 Å². The lowest BCUT2D eigenvalue weighted by Gasteiger charge is -2.29. The van der Waals surface area contributed by atoms with Gasteiger partial charge in [0.05, 0.1) is 12.2 Å². The van der Waals surface area contributed by atoms with Crippen molar-refractivity contribution in [1.29, 1.82) is 0 Å². The van der Waals surface area contributed by atoms with Gasteiger partial charge in [-0.25, -0.2) is 0 Å². The smallest absolute Gasteiger partial charge is 0.0686 e. The van der Waals surface area contributed by atoms with Crippen LogP contribution in [-0.2, 0) is 4.74 Å². The van der Waals surface area contributed by atoms with E-state index < -0.39 is 0 Å². The summed E-state index contributed by atoms with van der Waals surface area (Å²) < 4.78 is 6.78. The van der Waals surface area contributed by atoms with Gasteiger partial charge in [0.2, 0.25) is 0 Å². The van der Waals surface area contributed by atoms with E-state index in [1.54, 1.807) is 77.0 Å². The Hall–Kier alpha value is -0.0800. The van der Waals surface area contributed by atoms with E-state index in [4.69, 9.17) is 4.74 Å². The normalized spacial score (nSPS) is 41.1. The van der Waals surface area contributed by atoms with Crippen molar-refractivity contribution in [2.75, 3.05) is 27.2 Å². The van der Waals surface area contributed by atoms with Crippen molar-refractivity contribution >= 4 is 0 Å². The fourth-order valence-electron chi connectivity index (χ4n) is 12.6. The molecule has 0 bridgehead atoms. The predicted octanol–water partition coefficient (Wildman–Crippen LogP) is 14.2. The highest BCUT2D eigenvalue weighted by Gasteiger charge is 2.49. The second kappa shape index (κ2) is 19.4. The van der Waals surface area contributed by atoms with Crippen molar-refractivity contribution in [2.24, 2.45) is 76.9 Å². The van der Waals surface area contributed by atoms with E-state index in [1.807, 2.05) is 0 Å². The summed E-state index contributed by atoms with van der Waals surface area (Å²) in [4.78, 5) is 2.37. The Morgan fingerprint density at radius 2 is 0.808 bits per heavy atom. The number of hydrogen-bond donors (Lipinski definition) is 0. The average Bonchev–Trinajstić information content (AvgIpc) is 3.89. The molecule has 52 heavy (non-hydrogen) atoms.